The fraction of sp³-hybridized carbons (Fsp3) is 0.786. The third-order valence-corrected chi connectivity index (χ3v) is 3.07. The number of unbranched alkanes of at least 4 members (excludes halogenated alkanes) is 2. The molecule has 0 aromatic rings. The SMILES string of the molecule is CCCCC[C@H]1C/C=C/[C@@H](O)CCCC(=O)O1. The van der Waals surface area contributed by atoms with Crippen molar-refractivity contribution in [2.45, 2.75) is 70.5 Å². The van der Waals surface area contributed by atoms with Crippen LogP contribution in [0.3, 0.4) is 0 Å². The molecule has 1 aliphatic heterocycles. The Labute approximate surface area is 104 Å². The van der Waals surface area contributed by atoms with E-state index in [1.54, 1.807) is 0 Å². The second-order valence-corrected chi connectivity index (χ2v) is 4.73. The molecule has 3 heteroatoms. The molecule has 1 N–H and O–H groups in total. The number of ether oxygens (including phenoxy) is 1. The molecule has 0 bridgehead atoms. The zero-order chi connectivity index (χ0) is 12.5. The Morgan fingerprint density at radius 1 is 1.47 bits per heavy atom. The van der Waals surface area contributed by atoms with Crippen molar-refractivity contribution < 1.29 is 14.6 Å². The summed E-state index contributed by atoms with van der Waals surface area (Å²) in [6.45, 7) is 2.16. The zero-order valence-corrected chi connectivity index (χ0v) is 10.7. The number of carbonyl (C=O) groups excluding carboxylic acids is 1. The molecule has 0 saturated heterocycles. The fourth-order valence-electron chi connectivity index (χ4n) is 2.03. The van der Waals surface area contributed by atoms with E-state index in [1.165, 1.54) is 12.8 Å². The minimum atomic E-state index is -0.405. The minimum absolute atomic E-state index is 0.00407. The van der Waals surface area contributed by atoms with E-state index in [4.69, 9.17) is 4.74 Å². The molecular weight excluding hydrogens is 216 g/mol. The maximum atomic E-state index is 11.5. The standard InChI is InChI=1S/C14H24O3/c1-2-3-4-9-13-10-5-7-12(15)8-6-11-14(16)17-13/h5,7,12-13,15H,2-4,6,8-11H2,1H3/b7-5+/t12-,13+/m1/s1. The van der Waals surface area contributed by atoms with Crippen LogP contribution >= 0.6 is 0 Å². The lowest BCUT2D eigenvalue weighted by Gasteiger charge is -2.18. The lowest BCUT2D eigenvalue weighted by molar-refractivity contribution is -0.149. The topological polar surface area (TPSA) is 46.5 Å². The zero-order valence-electron chi connectivity index (χ0n) is 10.7. The number of cyclic esters (lactones) is 1. The average Bonchev–Trinajstić information content (AvgIpc) is 2.28. The molecule has 17 heavy (non-hydrogen) atoms. The molecule has 0 spiro atoms. The Kier molecular flexibility index (Phi) is 6.94. The summed E-state index contributed by atoms with van der Waals surface area (Å²) in [6.07, 6.45) is 10.2. The van der Waals surface area contributed by atoms with Gasteiger partial charge in [0.05, 0.1) is 6.10 Å². The summed E-state index contributed by atoms with van der Waals surface area (Å²) in [7, 11) is 0. The summed E-state index contributed by atoms with van der Waals surface area (Å²) in [5.74, 6) is -0.117. The van der Waals surface area contributed by atoms with Crippen LogP contribution in [0.5, 0.6) is 0 Å². The van der Waals surface area contributed by atoms with Gasteiger partial charge in [-0.15, -0.1) is 0 Å². The number of carbonyl (C=O) groups is 1. The molecule has 1 rings (SSSR count). The van der Waals surface area contributed by atoms with Gasteiger partial charge in [-0.25, -0.2) is 0 Å². The van der Waals surface area contributed by atoms with Crippen LogP contribution in [0.15, 0.2) is 12.2 Å². The normalized spacial score (nSPS) is 28.5. The summed E-state index contributed by atoms with van der Waals surface area (Å²) >= 11 is 0. The van der Waals surface area contributed by atoms with Crippen LogP contribution in [-0.2, 0) is 9.53 Å². The molecule has 0 fully saturated rings. The number of rotatable bonds is 4. The molecule has 0 amide bonds. The minimum Gasteiger partial charge on any atom is -0.462 e. The largest absolute Gasteiger partial charge is 0.462 e. The predicted molar refractivity (Wildman–Crippen MR) is 67.6 cm³/mol. The Hall–Kier alpha value is -0.830. The van der Waals surface area contributed by atoms with Crippen molar-refractivity contribution >= 4 is 5.97 Å². The van der Waals surface area contributed by atoms with Crippen molar-refractivity contribution in [1.82, 2.24) is 0 Å². The molecule has 0 radical (unpaired) electrons. The van der Waals surface area contributed by atoms with Gasteiger partial charge in [0.1, 0.15) is 6.10 Å². The lowest BCUT2D eigenvalue weighted by atomic mass is 10.1. The maximum Gasteiger partial charge on any atom is 0.306 e. The first-order valence-corrected chi connectivity index (χ1v) is 6.76. The lowest BCUT2D eigenvalue weighted by Crippen LogP contribution is -2.19. The van der Waals surface area contributed by atoms with E-state index in [9.17, 15) is 9.90 Å². The highest BCUT2D eigenvalue weighted by Crippen LogP contribution is 2.15. The van der Waals surface area contributed by atoms with Crippen LogP contribution in [0, 0.1) is 0 Å². The molecular formula is C14H24O3. The van der Waals surface area contributed by atoms with Gasteiger partial charge in [0, 0.05) is 12.8 Å². The Balaban J connectivity index is 2.44. The van der Waals surface area contributed by atoms with Crippen LogP contribution in [0.25, 0.3) is 0 Å². The Bertz CT molecular complexity index is 248. The van der Waals surface area contributed by atoms with E-state index in [1.807, 2.05) is 12.2 Å². The molecule has 2 atom stereocenters. The van der Waals surface area contributed by atoms with E-state index in [0.29, 0.717) is 19.3 Å². The third kappa shape index (κ3) is 6.47. The Morgan fingerprint density at radius 3 is 3.06 bits per heavy atom. The second kappa shape index (κ2) is 8.29. The molecule has 0 aromatic heterocycles. The highest BCUT2D eigenvalue weighted by molar-refractivity contribution is 5.69. The first-order chi connectivity index (χ1) is 8.22. The average molecular weight is 240 g/mol. The molecule has 0 saturated carbocycles. The number of aliphatic hydroxyl groups is 1. The highest BCUT2D eigenvalue weighted by Gasteiger charge is 2.15. The van der Waals surface area contributed by atoms with Crippen LogP contribution in [0.2, 0.25) is 0 Å². The quantitative estimate of drug-likeness (QED) is 0.467. The molecule has 0 aromatic carbocycles. The van der Waals surface area contributed by atoms with Gasteiger partial charge in [-0.05, 0) is 25.7 Å². The summed E-state index contributed by atoms with van der Waals surface area (Å²) in [5.41, 5.74) is 0. The molecule has 0 unspecified atom stereocenters. The van der Waals surface area contributed by atoms with E-state index in [2.05, 4.69) is 6.92 Å². The first kappa shape index (κ1) is 14.2. The van der Waals surface area contributed by atoms with Crippen molar-refractivity contribution in [2.75, 3.05) is 0 Å². The summed E-state index contributed by atoms with van der Waals surface area (Å²) in [5, 5.41) is 9.58. The Morgan fingerprint density at radius 2 is 2.29 bits per heavy atom. The van der Waals surface area contributed by atoms with Gasteiger partial charge in [0.25, 0.3) is 0 Å². The molecule has 3 nitrogen and oxygen atoms in total. The van der Waals surface area contributed by atoms with Gasteiger partial charge < -0.3 is 9.84 Å². The van der Waals surface area contributed by atoms with E-state index in [-0.39, 0.29) is 12.1 Å². The van der Waals surface area contributed by atoms with Gasteiger partial charge in [0.15, 0.2) is 0 Å². The number of hydrogen-bond donors (Lipinski definition) is 1. The monoisotopic (exact) mass is 240 g/mol. The van der Waals surface area contributed by atoms with Gasteiger partial charge >= 0.3 is 5.97 Å². The van der Waals surface area contributed by atoms with Crippen molar-refractivity contribution in [2.24, 2.45) is 0 Å². The van der Waals surface area contributed by atoms with Gasteiger partial charge in [0.2, 0.25) is 0 Å². The summed E-state index contributed by atoms with van der Waals surface area (Å²) in [4.78, 5) is 11.5. The van der Waals surface area contributed by atoms with Crippen molar-refractivity contribution in [1.29, 1.82) is 0 Å². The molecule has 1 aliphatic rings. The van der Waals surface area contributed by atoms with Crippen LogP contribution in [0.4, 0.5) is 0 Å². The maximum absolute atomic E-state index is 11.5. The second-order valence-electron chi connectivity index (χ2n) is 4.73. The van der Waals surface area contributed by atoms with Crippen molar-refractivity contribution in [3.63, 3.8) is 0 Å². The van der Waals surface area contributed by atoms with Gasteiger partial charge in [-0.3, -0.25) is 4.79 Å². The molecule has 1 heterocycles. The highest BCUT2D eigenvalue weighted by atomic mass is 16.5. The van der Waals surface area contributed by atoms with E-state index < -0.39 is 6.10 Å². The number of aliphatic hydroxyl groups excluding tert-OH is 1. The van der Waals surface area contributed by atoms with Gasteiger partial charge in [-0.2, -0.15) is 0 Å². The summed E-state index contributed by atoms with van der Waals surface area (Å²) in [6, 6.07) is 0. The third-order valence-electron chi connectivity index (χ3n) is 3.07. The number of esters is 1. The fourth-order valence-corrected chi connectivity index (χ4v) is 2.03. The van der Waals surface area contributed by atoms with E-state index >= 15 is 0 Å². The van der Waals surface area contributed by atoms with Crippen LogP contribution in [0.1, 0.15) is 58.3 Å². The smallest absolute Gasteiger partial charge is 0.306 e. The first-order valence-electron chi connectivity index (χ1n) is 6.76. The van der Waals surface area contributed by atoms with Crippen LogP contribution in [-0.4, -0.2) is 23.3 Å². The van der Waals surface area contributed by atoms with E-state index in [0.717, 1.165) is 19.3 Å². The predicted octanol–water partition coefficient (Wildman–Crippen LogP) is 2.97. The van der Waals surface area contributed by atoms with Crippen molar-refractivity contribution in [3.05, 3.63) is 12.2 Å². The summed E-state index contributed by atoms with van der Waals surface area (Å²) < 4.78 is 5.44. The van der Waals surface area contributed by atoms with Crippen LogP contribution < -0.4 is 0 Å². The molecule has 0 aliphatic carbocycles. The number of hydrogen-bond acceptors (Lipinski definition) is 3. The van der Waals surface area contributed by atoms with Crippen molar-refractivity contribution in [3.8, 4) is 0 Å². The van der Waals surface area contributed by atoms with Gasteiger partial charge in [-0.1, -0.05) is 31.9 Å². The molecule has 98 valence electrons.